The van der Waals surface area contributed by atoms with Crippen LogP contribution in [0.25, 0.3) is 33.8 Å². The summed E-state index contributed by atoms with van der Waals surface area (Å²) < 4.78 is 20.1. The first-order valence-electron chi connectivity index (χ1n) is 15.6. The number of benzene rings is 2. The topological polar surface area (TPSA) is 79.7 Å². The largest absolute Gasteiger partial charge is 0.497 e. The number of allylic oxidation sites excluding steroid dienone is 1. The average molecular weight is 645 g/mol. The number of thioether (sulfide) groups is 1. The standard InChI is InChI=1S/C36H40N2O5S2/c1-7-42-34(40)30-32(45-35(37-30)44-6)24-17-23-18-25(41-5)14-16-26(23)31-29(21-11-9-8-10-12-21)27-15-13-22(19-28(27)38(31)20-24)33(39)43-36(2,3)4/h13-19,21H,7-12,20H2,1-6H3. The smallest absolute Gasteiger partial charge is 0.358 e. The third-order valence-electron chi connectivity index (χ3n) is 8.47. The Bertz CT molecular complexity index is 1800. The van der Waals surface area contributed by atoms with Gasteiger partial charge >= 0.3 is 11.9 Å². The van der Waals surface area contributed by atoms with Gasteiger partial charge in [0, 0.05) is 23.0 Å². The monoisotopic (exact) mass is 644 g/mol. The first-order valence-corrected chi connectivity index (χ1v) is 17.7. The molecule has 0 spiro atoms. The third kappa shape index (κ3) is 6.17. The number of nitrogens with zero attached hydrogens (tertiary/aromatic N) is 2. The van der Waals surface area contributed by atoms with E-state index in [1.54, 1.807) is 14.0 Å². The molecule has 1 aliphatic carbocycles. The fourth-order valence-electron chi connectivity index (χ4n) is 6.59. The molecule has 2 aromatic heterocycles. The lowest BCUT2D eigenvalue weighted by Gasteiger charge is -2.24. The summed E-state index contributed by atoms with van der Waals surface area (Å²) >= 11 is 3.02. The Morgan fingerprint density at radius 1 is 1.07 bits per heavy atom. The van der Waals surface area contributed by atoms with Crippen LogP contribution in [0, 0.1) is 0 Å². The highest BCUT2D eigenvalue weighted by Crippen LogP contribution is 2.48. The van der Waals surface area contributed by atoms with Crippen molar-refractivity contribution in [2.75, 3.05) is 20.0 Å². The SMILES string of the molecule is CCOC(=O)c1nc(SC)sc1C1=Cc2cc(OC)ccc2-c2c(C3CCCCC3)c3ccc(C(=O)OC(C)(C)C)cc3n2C1. The first kappa shape index (κ1) is 31.4. The van der Waals surface area contributed by atoms with Crippen molar-refractivity contribution in [1.82, 2.24) is 9.55 Å². The Balaban J connectivity index is 1.63. The Hall–Kier alpha value is -3.56. The van der Waals surface area contributed by atoms with Gasteiger partial charge in [-0.3, -0.25) is 0 Å². The van der Waals surface area contributed by atoms with Crippen molar-refractivity contribution < 1.29 is 23.8 Å². The number of aromatic nitrogens is 2. The van der Waals surface area contributed by atoms with Crippen LogP contribution in [0.2, 0.25) is 0 Å². The molecule has 45 heavy (non-hydrogen) atoms. The molecule has 1 aliphatic heterocycles. The zero-order valence-corrected chi connectivity index (χ0v) is 28.5. The fraction of sp³-hybridized carbons (Fsp3) is 0.417. The van der Waals surface area contributed by atoms with E-state index >= 15 is 0 Å². The van der Waals surface area contributed by atoms with Crippen LogP contribution in [0.4, 0.5) is 0 Å². The summed E-state index contributed by atoms with van der Waals surface area (Å²) in [5.41, 5.74) is 6.81. The molecule has 0 amide bonds. The van der Waals surface area contributed by atoms with Crippen LogP contribution in [0.3, 0.4) is 0 Å². The number of rotatable bonds is 7. The van der Waals surface area contributed by atoms with Crippen LogP contribution >= 0.6 is 23.1 Å². The molecular formula is C36H40N2O5S2. The van der Waals surface area contributed by atoms with Gasteiger partial charge < -0.3 is 18.8 Å². The van der Waals surface area contributed by atoms with Crippen molar-refractivity contribution >= 4 is 57.6 Å². The summed E-state index contributed by atoms with van der Waals surface area (Å²) in [5.74, 6) is 0.404. The second-order valence-corrected chi connectivity index (χ2v) is 14.7. The first-order chi connectivity index (χ1) is 21.6. The molecule has 236 valence electrons. The van der Waals surface area contributed by atoms with Gasteiger partial charge in [0.15, 0.2) is 10.0 Å². The summed E-state index contributed by atoms with van der Waals surface area (Å²) in [6.07, 6.45) is 10.0. The van der Waals surface area contributed by atoms with Crippen LogP contribution in [0.1, 0.15) is 103 Å². The van der Waals surface area contributed by atoms with Gasteiger partial charge in [-0.25, -0.2) is 14.6 Å². The summed E-state index contributed by atoms with van der Waals surface area (Å²) in [6.45, 7) is 8.23. The lowest BCUT2D eigenvalue weighted by molar-refractivity contribution is 0.00694. The maximum Gasteiger partial charge on any atom is 0.358 e. The van der Waals surface area contributed by atoms with Gasteiger partial charge in [-0.2, -0.15) is 0 Å². The predicted octanol–water partition coefficient (Wildman–Crippen LogP) is 9.23. The van der Waals surface area contributed by atoms with E-state index in [4.69, 9.17) is 14.2 Å². The molecule has 0 bridgehead atoms. The second kappa shape index (κ2) is 12.7. The molecule has 7 nitrogen and oxygen atoms in total. The van der Waals surface area contributed by atoms with E-state index in [2.05, 4.69) is 33.8 Å². The van der Waals surface area contributed by atoms with Crippen molar-refractivity contribution in [1.29, 1.82) is 0 Å². The fourth-order valence-corrected chi connectivity index (χ4v) is 8.14. The number of carbonyl (C=O) groups excluding carboxylic acids is 2. The molecule has 0 unspecified atom stereocenters. The van der Waals surface area contributed by atoms with Gasteiger partial charge in [-0.1, -0.05) is 37.1 Å². The summed E-state index contributed by atoms with van der Waals surface area (Å²) in [6, 6.07) is 12.2. The molecule has 0 N–H and O–H groups in total. The maximum atomic E-state index is 13.3. The summed E-state index contributed by atoms with van der Waals surface area (Å²) in [4.78, 5) is 32.0. The van der Waals surface area contributed by atoms with Gasteiger partial charge in [-0.15, -0.1) is 11.3 Å². The Morgan fingerprint density at radius 3 is 2.53 bits per heavy atom. The van der Waals surface area contributed by atoms with Gasteiger partial charge in [0.2, 0.25) is 0 Å². The van der Waals surface area contributed by atoms with E-state index < -0.39 is 11.6 Å². The van der Waals surface area contributed by atoms with Crippen LogP contribution < -0.4 is 4.74 Å². The molecule has 0 atom stereocenters. The Kier molecular flexibility index (Phi) is 8.85. The number of thiazole rings is 1. The van der Waals surface area contributed by atoms with E-state index in [0.717, 1.165) is 61.1 Å². The van der Waals surface area contributed by atoms with E-state index in [9.17, 15) is 9.59 Å². The summed E-state index contributed by atoms with van der Waals surface area (Å²) in [7, 11) is 1.68. The van der Waals surface area contributed by atoms with Crippen LogP contribution in [0.5, 0.6) is 5.75 Å². The highest BCUT2D eigenvalue weighted by molar-refractivity contribution is 8.00. The highest BCUT2D eigenvalue weighted by Gasteiger charge is 2.32. The summed E-state index contributed by atoms with van der Waals surface area (Å²) in [5, 5.41) is 1.16. The molecular weight excluding hydrogens is 605 g/mol. The van der Waals surface area contributed by atoms with Crippen molar-refractivity contribution in [2.45, 2.75) is 82.2 Å². The molecule has 2 aromatic carbocycles. The lowest BCUT2D eigenvalue weighted by Crippen LogP contribution is -2.23. The molecule has 6 rings (SSSR count). The zero-order chi connectivity index (χ0) is 31.9. The van der Waals surface area contributed by atoms with Gasteiger partial charge in [0.1, 0.15) is 11.4 Å². The number of carbonyl (C=O) groups is 2. The van der Waals surface area contributed by atoms with Gasteiger partial charge in [-0.05, 0) is 106 Å². The van der Waals surface area contributed by atoms with E-state index in [1.807, 2.05) is 45.2 Å². The normalized spacial score (nSPS) is 15.2. The van der Waals surface area contributed by atoms with Gasteiger partial charge in [0.05, 0.1) is 29.9 Å². The second-order valence-electron chi connectivity index (χ2n) is 12.6. The van der Waals surface area contributed by atoms with Crippen molar-refractivity contribution in [3.63, 3.8) is 0 Å². The molecule has 9 heteroatoms. The van der Waals surface area contributed by atoms with Crippen LogP contribution in [0.15, 0.2) is 40.7 Å². The molecule has 1 fully saturated rings. The Labute approximate surface area is 273 Å². The van der Waals surface area contributed by atoms with Crippen LogP contribution in [-0.4, -0.2) is 47.1 Å². The molecule has 2 aliphatic rings. The quantitative estimate of drug-likeness (QED) is 0.147. The number of methoxy groups -OCH3 is 1. The van der Waals surface area contributed by atoms with E-state index in [1.165, 1.54) is 47.9 Å². The maximum absolute atomic E-state index is 13.3. The number of esters is 2. The highest BCUT2D eigenvalue weighted by atomic mass is 32.2. The third-order valence-corrected chi connectivity index (χ3v) is 10.6. The molecule has 4 aromatic rings. The predicted molar refractivity (Wildman–Crippen MR) is 183 cm³/mol. The average Bonchev–Trinajstić information content (AvgIpc) is 3.55. The minimum Gasteiger partial charge on any atom is -0.497 e. The number of fused-ring (bicyclic) bond motifs is 5. The minimum absolute atomic E-state index is 0.272. The van der Waals surface area contributed by atoms with Crippen molar-refractivity contribution in [3.05, 3.63) is 63.7 Å². The Morgan fingerprint density at radius 2 is 1.84 bits per heavy atom. The van der Waals surface area contributed by atoms with E-state index in [0.29, 0.717) is 23.7 Å². The van der Waals surface area contributed by atoms with Gasteiger partial charge in [0.25, 0.3) is 0 Å². The molecule has 1 saturated carbocycles. The van der Waals surface area contributed by atoms with Crippen molar-refractivity contribution in [2.24, 2.45) is 0 Å². The van der Waals surface area contributed by atoms with E-state index in [-0.39, 0.29) is 12.6 Å². The lowest BCUT2D eigenvalue weighted by atomic mass is 9.81. The molecule has 0 saturated heterocycles. The molecule has 0 radical (unpaired) electrons. The minimum atomic E-state index is -0.603. The number of hydrogen-bond donors (Lipinski definition) is 0. The van der Waals surface area contributed by atoms with Crippen molar-refractivity contribution in [3.8, 4) is 17.0 Å². The van der Waals surface area contributed by atoms with Crippen LogP contribution in [-0.2, 0) is 16.0 Å². The number of ether oxygens (including phenoxy) is 3. The zero-order valence-electron chi connectivity index (χ0n) is 26.8. The molecule has 3 heterocycles. The number of hydrogen-bond acceptors (Lipinski definition) is 8.